The number of rotatable bonds is 3. The standard InChI is InChI=1S/C19H34O2/c1-7-17(4,20)13-15-18(5)11-8-10-16(2,3)14(18)9-12-19(15,6)21/h7,14-15,20-21H,1,8-13H2,2-6H3/t14-,15-,17-,18+,19-/m1/s1. The summed E-state index contributed by atoms with van der Waals surface area (Å²) in [7, 11) is 0. The van der Waals surface area contributed by atoms with Gasteiger partial charge >= 0.3 is 0 Å². The maximum Gasteiger partial charge on any atom is 0.0801 e. The molecule has 0 heterocycles. The average Bonchev–Trinajstić information content (AvgIpc) is 2.33. The first kappa shape index (κ1) is 17.0. The fraction of sp³-hybridized carbons (Fsp3) is 0.895. The Bertz CT molecular complexity index is 408. The van der Waals surface area contributed by atoms with Gasteiger partial charge in [0.15, 0.2) is 0 Å². The Hall–Kier alpha value is -0.340. The van der Waals surface area contributed by atoms with Crippen LogP contribution in [0.15, 0.2) is 12.7 Å². The summed E-state index contributed by atoms with van der Waals surface area (Å²) in [6.45, 7) is 14.7. The van der Waals surface area contributed by atoms with Crippen LogP contribution in [0.2, 0.25) is 0 Å². The molecule has 122 valence electrons. The van der Waals surface area contributed by atoms with Crippen molar-refractivity contribution >= 4 is 0 Å². The number of hydrogen-bond acceptors (Lipinski definition) is 2. The number of fused-ring (bicyclic) bond motifs is 1. The second kappa shape index (κ2) is 5.09. The monoisotopic (exact) mass is 294 g/mol. The lowest BCUT2D eigenvalue weighted by Gasteiger charge is -2.62. The third-order valence-electron chi connectivity index (χ3n) is 6.82. The second-order valence-corrected chi connectivity index (χ2v) is 9.11. The highest BCUT2D eigenvalue weighted by Crippen LogP contribution is 2.63. The molecule has 0 radical (unpaired) electrons. The van der Waals surface area contributed by atoms with Crippen molar-refractivity contribution in [1.29, 1.82) is 0 Å². The van der Waals surface area contributed by atoms with E-state index in [1.165, 1.54) is 12.8 Å². The van der Waals surface area contributed by atoms with Crippen molar-refractivity contribution < 1.29 is 10.2 Å². The van der Waals surface area contributed by atoms with E-state index >= 15 is 0 Å². The van der Waals surface area contributed by atoms with E-state index in [4.69, 9.17) is 0 Å². The van der Waals surface area contributed by atoms with E-state index < -0.39 is 11.2 Å². The van der Waals surface area contributed by atoms with Gasteiger partial charge < -0.3 is 10.2 Å². The normalized spacial score (nSPS) is 45.5. The largest absolute Gasteiger partial charge is 0.390 e. The van der Waals surface area contributed by atoms with Gasteiger partial charge in [-0.1, -0.05) is 33.3 Å². The van der Waals surface area contributed by atoms with Crippen molar-refractivity contribution in [3.63, 3.8) is 0 Å². The summed E-state index contributed by atoms with van der Waals surface area (Å²) in [5.74, 6) is 0.751. The molecule has 0 aromatic carbocycles. The van der Waals surface area contributed by atoms with E-state index in [0.29, 0.717) is 17.8 Å². The molecule has 2 aliphatic carbocycles. The Morgan fingerprint density at radius 1 is 1.19 bits per heavy atom. The molecule has 0 unspecified atom stereocenters. The molecule has 2 aliphatic rings. The highest BCUT2D eigenvalue weighted by molar-refractivity contribution is 5.10. The number of hydrogen-bond donors (Lipinski definition) is 2. The van der Waals surface area contributed by atoms with Crippen LogP contribution < -0.4 is 0 Å². The molecular formula is C19H34O2. The molecule has 0 aromatic heterocycles. The first-order valence-corrected chi connectivity index (χ1v) is 8.53. The van der Waals surface area contributed by atoms with Crippen LogP contribution in [0, 0.1) is 22.7 Å². The molecule has 0 amide bonds. The van der Waals surface area contributed by atoms with Gasteiger partial charge in [-0.25, -0.2) is 0 Å². The van der Waals surface area contributed by atoms with Crippen molar-refractivity contribution in [3.8, 4) is 0 Å². The lowest BCUT2D eigenvalue weighted by Crippen LogP contribution is -2.58. The predicted octanol–water partition coefficient (Wildman–Crippen LogP) is 4.31. The van der Waals surface area contributed by atoms with Crippen molar-refractivity contribution in [1.82, 2.24) is 0 Å². The molecule has 2 saturated carbocycles. The van der Waals surface area contributed by atoms with Crippen LogP contribution in [-0.4, -0.2) is 21.4 Å². The van der Waals surface area contributed by atoms with Gasteiger partial charge in [0, 0.05) is 0 Å². The zero-order chi connectivity index (χ0) is 16.1. The van der Waals surface area contributed by atoms with Crippen molar-refractivity contribution in [2.45, 2.75) is 84.3 Å². The first-order valence-electron chi connectivity index (χ1n) is 8.53. The lowest BCUT2D eigenvalue weighted by atomic mass is 9.44. The van der Waals surface area contributed by atoms with Gasteiger partial charge in [0.05, 0.1) is 11.2 Å². The third kappa shape index (κ3) is 2.94. The zero-order valence-corrected chi connectivity index (χ0v) is 14.6. The molecule has 2 fully saturated rings. The SMILES string of the molecule is C=C[C@@](C)(O)C[C@@H]1[C@@]2(C)CCCC(C)(C)[C@H]2CC[C@@]1(C)O. The summed E-state index contributed by atoms with van der Waals surface area (Å²) in [5.41, 5.74) is -1.15. The van der Waals surface area contributed by atoms with Crippen LogP contribution in [0.5, 0.6) is 0 Å². The second-order valence-electron chi connectivity index (χ2n) is 9.11. The van der Waals surface area contributed by atoms with E-state index in [-0.39, 0.29) is 11.3 Å². The topological polar surface area (TPSA) is 40.5 Å². The molecule has 0 aromatic rings. The van der Waals surface area contributed by atoms with Crippen LogP contribution >= 0.6 is 0 Å². The van der Waals surface area contributed by atoms with Crippen LogP contribution in [0.25, 0.3) is 0 Å². The molecule has 2 heteroatoms. The summed E-state index contributed by atoms with van der Waals surface area (Å²) in [6.07, 6.45) is 7.84. The average molecular weight is 294 g/mol. The van der Waals surface area contributed by atoms with Crippen molar-refractivity contribution in [3.05, 3.63) is 12.7 Å². The van der Waals surface area contributed by atoms with Gasteiger partial charge in [-0.2, -0.15) is 0 Å². The van der Waals surface area contributed by atoms with E-state index in [2.05, 4.69) is 27.4 Å². The van der Waals surface area contributed by atoms with E-state index in [9.17, 15) is 10.2 Å². The van der Waals surface area contributed by atoms with Gasteiger partial charge in [-0.3, -0.25) is 0 Å². The molecule has 2 nitrogen and oxygen atoms in total. The van der Waals surface area contributed by atoms with E-state index in [0.717, 1.165) is 19.3 Å². The minimum Gasteiger partial charge on any atom is -0.390 e. The predicted molar refractivity (Wildman–Crippen MR) is 88.0 cm³/mol. The smallest absolute Gasteiger partial charge is 0.0801 e. The van der Waals surface area contributed by atoms with Gasteiger partial charge in [0.1, 0.15) is 0 Å². The van der Waals surface area contributed by atoms with Crippen LogP contribution in [0.3, 0.4) is 0 Å². The molecular weight excluding hydrogens is 260 g/mol. The molecule has 0 bridgehead atoms. The van der Waals surface area contributed by atoms with Gasteiger partial charge in [0.25, 0.3) is 0 Å². The Morgan fingerprint density at radius 3 is 2.38 bits per heavy atom. The van der Waals surface area contributed by atoms with Gasteiger partial charge in [0.2, 0.25) is 0 Å². The van der Waals surface area contributed by atoms with Crippen LogP contribution in [-0.2, 0) is 0 Å². The maximum atomic E-state index is 11.0. The van der Waals surface area contributed by atoms with E-state index in [1.807, 2.05) is 13.8 Å². The highest BCUT2D eigenvalue weighted by atomic mass is 16.3. The van der Waals surface area contributed by atoms with Crippen molar-refractivity contribution in [2.75, 3.05) is 0 Å². The lowest BCUT2D eigenvalue weighted by molar-refractivity contribution is -0.180. The summed E-state index contributed by atoms with van der Waals surface area (Å²) >= 11 is 0. The molecule has 2 rings (SSSR count). The Balaban J connectivity index is 2.39. The third-order valence-corrected chi connectivity index (χ3v) is 6.82. The molecule has 0 saturated heterocycles. The molecule has 5 atom stereocenters. The van der Waals surface area contributed by atoms with Crippen LogP contribution in [0.4, 0.5) is 0 Å². The Kier molecular flexibility index (Phi) is 4.13. The fourth-order valence-corrected chi connectivity index (χ4v) is 5.57. The fourth-order valence-electron chi connectivity index (χ4n) is 5.57. The summed E-state index contributed by atoms with van der Waals surface area (Å²) in [4.78, 5) is 0. The Labute approximate surface area is 130 Å². The highest BCUT2D eigenvalue weighted by Gasteiger charge is 2.58. The van der Waals surface area contributed by atoms with Crippen LogP contribution in [0.1, 0.15) is 73.1 Å². The maximum absolute atomic E-state index is 11.0. The number of aliphatic hydroxyl groups is 2. The van der Waals surface area contributed by atoms with E-state index in [1.54, 1.807) is 6.08 Å². The zero-order valence-electron chi connectivity index (χ0n) is 14.6. The van der Waals surface area contributed by atoms with Gasteiger partial charge in [-0.05, 0) is 68.6 Å². The summed E-state index contributed by atoms with van der Waals surface area (Å²) in [6, 6.07) is 0. The minimum absolute atomic E-state index is 0.108. The minimum atomic E-state index is -0.902. The molecule has 0 spiro atoms. The molecule has 0 aliphatic heterocycles. The van der Waals surface area contributed by atoms with Gasteiger partial charge in [-0.15, -0.1) is 6.58 Å². The van der Waals surface area contributed by atoms with Crippen molar-refractivity contribution in [2.24, 2.45) is 22.7 Å². The quantitative estimate of drug-likeness (QED) is 0.762. The summed E-state index contributed by atoms with van der Waals surface area (Å²) in [5, 5.41) is 21.5. The summed E-state index contributed by atoms with van der Waals surface area (Å²) < 4.78 is 0. The molecule has 21 heavy (non-hydrogen) atoms. The first-order chi connectivity index (χ1) is 9.45. The Morgan fingerprint density at radius 2 is 1.81 bits per heavy atom. The molecule has 2 N–H and O–H groups in total.